The smallest absolute Gasteiger partial charge is 0.142 e. The predicted molar refractivity (Wildman–Crippen MR) is 122 cm³/mol. The van der Waals surface area contributed by atoms with Crippen LogP contribution in [0.3, 0.4) is 0 Å². The maximum absolute atomic E-state index is 14.6. The molecule has 0 amide bonds. The second-order valence-electron chi connectivity index (χ2n) is 9.62. The Hall–Kier alpha value is -1.62. The molecule has 0 aliphatic heterocycles. The average Bonchev–Trinajstić information content (AvgIpc) is 2.77. The standard InChI is InChI=1S/C28H38F2/c1-3-5-6-22-11-13-23(14-12-22)15-16-25-19-27(29)26(28(30)20-25)18-17-24-9-7-21(4-2)8-10-24/h3,19-24H,1,4-16H2,2H3/t21?,22-,23-,24?. The fraction of sp³-hybridized carbons (Fsp3) is 0.643. The Labute approximate surface area is 182 Å². The number of hydrogen-bond acceptors (Lipinski definition) is 0. The number of aryl methyl sites for hydroxylation is 1. The van der Waals surface area contributed by atoms with Crippen molar-refractivity contribution in [1.29, 1.82) is 0 Å². The van der Waals surface area contributed by atoms with Gasteiger partial charge in [-0.1, -0.05) is 56.9 Å². The van der Waals surface area contributed by atoms with E-state index in [4.69, 9.17) is 0 Å². The Morgan fingerprint density at radius 3 is 2.03 bits per heavy atom. The quantitative estimate of drug-likeness (QED) is 0.312. The first-order chi connectivity index (χ1) is 14.6. The Kier molecular flexibility index (Phi) is 8.98. The van der Waals surface area contributed by atoms with Crippen LogP contribution in [-0.4, -0.2) is 0 Å². The van der Waals surface area contributed by atoms with E-state index < -0.39 is 11.6 Å². The fourth-order valence-electron chi connectivity index (χ4n) is 5.31. The molecule has 0 spiro atoms. The number of halogens is 2. The lowest BCUT2D eigenvalue weighted by Crippen LogP contribution is -2.15. The first-order valence-electron chi connectivity index (χ1n) is 12.2. The first kappa shape index (κ1) is 23.1. The SMILES string of the molecule is C=CCC[C@H]1CC[C@H](CCc2cc(F)c(C#CC3CCC(CC)CC3)c(F)c2)CC1. The molecular weight excluding hydrogens is 374 g/mol. The maximum Gasteiger partial charge on any atom is 0.142 e. The van der Waals surface area contributed by atoms with Crippen molar-refractivity contribution in [3.8, 4) is 11.8 Å². The van der Waals surface area contributed by atoms with Gasteiger partial charge in [0.05, 0.1) is 5.56 Å². The van der Waals surface area contributed by atoms with Gasteiger partial charge < -0.3 is 0 Å². The summed E-state index contributed by atoms with van der Waals surface area (Å²) in [5, 5.41) is 0. The molecule has 0 nitrogen and oxygen atoms in total. The van der Waals surface area contributed by atoms with Gasteiger partial charge in [0.15, 0.2) is 0 Å². The van der Waals surface area contributed by atoms with Gasteiger partial charge in [-0.3, -0.25) is 0 Å². The van der Waals surface area contributed by atoms with Crippen LogP contribution < -0.4 is 0 Å². The zero-order valence-electron chi connectivity index (χ0n) is 18.7. The fourth-order valence-corrected chi connectivity index (χ4v) is 5.31. The molecule has 1 aromatic carbocycles. The van der Waals surface area contributed by atoms with E-state index in [1.165, 1.54) is 63.5 Å². The summed E-state index contributed by atoms with van der Waals surface area (Å²) in [6.07, 6.45) is 17.0. The van der Waals surface area contributed by atoms with Crippen molar-refractivity contribution in [3.05, 3.63) is 47.5 Å². The summed E-state index contributed by atoms with van der Waals surface area (Å²) in [5.74, 6) is 7.61. The number of benzene rings is 1. The van der Waals surface area contributed by atoms with Crippen molar-refractivity contribution in [2.45, 2.75) is 90.4 Å². The molecule has 2 saturated carbocycles. The van der Waals surface area contributed by atoms with Gasteiger partial charge in [-0.25, -0.2) is 8.78 Å². The summed E-state index contributed by atoms with van der Waals surface area (Å²) in [5.41, 5.74) is 0.729. The van der Waals surface area contributed by atoms with Gasteiger partial charge in [-0.2, -0.15) is 0 Å². The topological polar surface area (TPSA) is 0 Å². The van der Waals surface area contributed by atoms with Crippen molar-refractivity contribution in [3.63, 3.8) is 0 Å². The molecule has 2 fully saturated rings. The van der Waals surface area contributed by atoms with E-state index in [0.29, 0.717) is 5.92 Å². The van der Waals surface area contributed by atoms with Crippen molar-refractivity contribution in [2.75, 3.05) is 0 Å². The van der Waals surface area contributed by atoms with E-state index in [2.05, 4.69) is 25.3 Å². The van der Waals surface area contributed by atoms with Gasteiger partial charge in [0.2, 0.25) is 0 Å². The second kappa shape index (κ2) is 11.7. The highest BCUT2D eigenvalue weighted by Gasteiger charge is 2.21. The van der Waals surface area contributed by atoms with Gasteiger partial charge in [0.1, 0.15) is 11.6 Å². The molecule has 0 aromatic heterocycles. The number of allylic oxidation sites excluding steroid dienone is 1. The van der Waals surface area contributed by atoms with E-state index in [1.807, 2.05) is 6.08 Å². The lowest BCUT2D eigenvalue weighted by molar-refractivity contribution is 0.254. The zero-order chi connectivity index (χ0) is 21.3. The molecule has 0 atom stereocenters. The molecule has 30 heavy (non-hydrogen) atoms. The molecular formula is C28H38F2. The maximum atomic E-state index is 14.6. The summed E-state index contributed by atoms with van der Waals surface area (Å²) in [4.78, 5) is 0. The summed E-state index contributed by atoms with van der Waals surface area (Å²) in [7, 11) is 0. The number of rotatable bonds is 7. The third-order valence-corrected chi connectivity index (χ3v) is 7.51. The zero-order valence-corrected chi connectivity index (χ0v) is 18.7. The molecule has 0 bridgehead atoms. The van der Waals surface area contributed by atoms with Gasteiger partial charge in [-0.15, -0.1) is 6.58 Å². The summed E-state index contributed by atoms with van der Waals surface area (Å²) in [6, 6.07) is 3.02. The molecule has 2 heteroatoms. The molecule has 0 N–H and O–H groups in total. The van der Waals surface area contributed by atoms with Crippen LogP contribution in [-0.2, 0) is 6.42 Å². The predicted octanol–water partition coefficient (Wildman–Crippen LogP) is 8.24. The van der Waals surface area contributed by atoms with Crippen LogP contribution >= 0.6 is 0 Å². The van der Waals surface area contributed by atoms with Crippen molar-refractivity contribution in [2.24, 2.45) is 23.7 Å². The monoisotopic (exact) mass is 412 g/mol. The van der Waals surface area contributed by atoms with Crippen LogP contribution in [0, 0.1) is 47.1 Å². The van der Waals surface area contributed by atoms with E-state index in [9.17, 15) is 8.78 Å². The highest BCUT2D eigenvalue weighted by atomic mass is 19.1. The molecule has 1 aromatic rings. The minimum Gasteiger partial charge on any atom is -0.206 e. The van der Waals surface area contributed by atoms with E-state index >= 15 is 0 Å². The van der Waals surface area contributed by atoms with Crippen LogP contribution in [0.15, 0.2) is 24.8 Å². The van der Waals surface area contributed by atoms with Crippen LogP contribution in [0.25, 0.3) is 0 Å². The summed E-state index contributed by atoms with van der Waals surface area (Å²) < 4.78 is 29.1. The lowest BCUT2D eigenvalue weighted by Gasteiger charge is -2.28. The Bertz CT molecular complexity index is 715. The van der Waals surface area contributed by atoms with E-state index in [0.717, 1.165) is 49.5 Å². The van der Waals surface area contributed by atoms with Crippen LogP contribution in [0.5, 0.6) is 0 Å². The lowest BCUT2D eigenvalue weighted by atomic mass is 9.78. The van der Waals surface area contributed by atoms with Crippen molar-refractivity contribution >= 4 is 0 Å². The van der Waals surface area contributed by atoms with Gasteiger partial charge in [-0.05, 0) is 86.8 Å². The average molecular weight is 413 g/mol. The molecule has 2 aliphatic carbocycles. The second-order valence-corrected chi connectivity index (χ2v) is 9.62. The summed E-state index contributed by atoms with van der Waals surface area (Å²) in [6.45, 7) is 6.05. The Morgan fingerprint density at radius 2 is 1.47 bits per heavy atom. The third kappa shape index (κ3) is 6.69. The van der Waals surface area contributed by atoms with E-state index in [-0.39, 0.29) is 11.5 Å². The molecule has 0 saturated heterocycles. The molecule has 164 valence electrons. The van der Waals surface area contributed by atoms with Gasteiger partial charge >= 0.3 is 0 Å². The highest BCUT2D eigenvalue weighted by molar-refractivity contribution is 5.39. The Morgan fingerprint density at radius 1 is 0.900 bits per heavy atom. The van der Waals surface area contributed by atoms with Crippen molar-refractivity contribution in [1.82, 2.24) is 0 Å². The van der Waals surface area contributed by atoms with Crippen LogP contribution in [0.2, 0.25) is 0 Å². The minimum absolute atomic E-state index is 0.0425. The molecule has 0 unspecified atom stereocenters. The van der Waals surface area contributed by atoms with E-state index in [1.54, 1.807) is 0 Å². The molecule has 2 aliphatic rings. The molecule has 0 heterocycles. The highest BCUT2D eigenvalue weighted by Crippen LogP contribution is 2.34. The molecule has 3 rings (SSSR count). The first-order valence-corrected chi connectivity index (χ1v) is 12.2. The van der Waals surface area contributed by atoms with Crippen LogP contribution in [0.4, 0.5) is 8.78 Å². The van der Waals surface area contributed by atoms with Gasteiger partial charge in [0.25, 0.3) is 0 Å². The molecule has 0 radical (unpaired) electrons. The summed E-state index contributed by atoms with van der Waals surface area (Å²) >= 11 is 0. The largest absolute Gasteiger partial charge is 0.206 e. The van der Waals surface area contributed by atoms with Crippen LogP contribution in [0.1, 0.15) is 95.1 Å². The Balaban J connectivity index is 1.50. The van der Waals surface area contributed by atoms with Crippen molar-refractivity contribution < 1.29 is 8.78 Å². The van der Waals surface area contributed by atoms with Gasteiger partial charge in [0, 0.05) is 5.92 Å². The normalized spacial score (nSPS) is 26.6. The minimum atomic E-state index is -0.493. The third-order valence-electron chi connectivity index (χ3n) is 7.51. The number of hydrogen-bond donors (Lipinski definition) is 0.